The maximum absolute atomic E-state index is 14.4. The normalized spacial score (nSPS) is 17.0. The van der Waals surface area contributed by atoms with Crippen LogP contribution < -0.4 is 4.90 Å². The highest BCUT2D eigenvalue weighted by Crippen LogP contribution is 2.42. The minimum absolute atomic E-state index is 0.338. The lowest BCUT2D eigenvalue weighted by Crippen LogP contribution is -2.42. The monoisotopic (exact) mass is 423 g/mol. The van der Waals surface area contributed by atoms with Gasteiger partial charge in [0.25, 0.3) is 0 Å². The van der Waals surface area contributed by atoms with Gasteiger partial charge in [0.05, 0.1) is 16.2 Å². The molecule has 0 saturated carbocycles. The van der Waals surface area contributed by atoms with Crippen molar-refractivity contribution < 1.29 is 18.3 Å². The van der Waals surface area contributed by atoms with Gasteiger partial charge in [-0.25, -0.2) is 13.6 Å². The first-order chi connectivity index (χ1) is 12.2. The van der Waals surface area contributed by atoms with Crippen LogP contribution in [0.1, 0.15) is 44.4 Å². The molecule has 138 valence electrons. The Morgan fingerprint density at radius 3 is 2.54 bits per heavy atom. The molecular weight excluding hydrogens is 404 g/mol. The average Bonchev–Trinajstić information content (AvgIpc) is 2.54. The number of amides is 1. The molecule has 0 aliphatic carbocycles. The quantitative estimate of drug-likeness (QED) is 0.549. The van der Waals surface area contributed by atoms with E-state index in [-0.39, 0.29) is 0 Å². The molecule has 1 heterocycles. The van der Waals surface area contributed by atoms with Crippen LogP contribution in [-0.2, 0) is 11.2 Å². The number of nitrogens with zero attached hydrogens (tertiary/aromatic N) is 1. The van der Waals surface area contributed by atoms with Crippen molar-refractivity contribution in [2.24, 2.45) is 0 Å². The van der Waals surface area contributed by atoms with Crippen molar-refractivity contribution in [3.05, 3.63) is 63.6 Å². The summed E-state index contributed by atoms with van der Waals surface area (Å²) in [5.74, 6) is -0.876. The van der Waals surface area contributed by atoms with Crippen LogP contribution in [-0.4, -0.2) is 11.7 Å². The molecule has 0 bridgehead atoms. The first-order valence-corrected chi connectivity index (χ1v) is 9.21. The molecule has 0 N–H and O–H groups in total. The van der Waals surface area contributed by atoms with Gasteiger partial charge in [0.1, 0.15) is 17.2 Å². The van der Waals surface area contributed by atoms with E-state index in [2.05, 4.69) is 15.9 Å². The van der Waals surface area contributed by atoms with Crippen LogP contribution in [0.5, 0.6) is 0 Å². The summed E-state index contributed by atoms with van der Waals surface area (Å²) in [5.41, 5.74) is 0.908. The number of aryl methyl sites for hydroxylation is 1. The van der Waals surface area contributed by atoms with Gasteiger partial charge >= 0.3 is 6.09 Å². The third kappa shape index (κ3) is 3.75. The number of fused-ring (bicyclic) bond motifs is 1. The third-order valence-corrected chi connectivity index (χ3v) is 4.84. The Morgan fingerprint density at radius 1 is 1.19 bits per heavy atom. The number of benzene rings is 2. The topological polar surface area (TPSA) is 29.5 Å². The fourth-order valence-corrected chi connectivity index (χ4v) is 3.56. The zero-order valence-electron chi connectivity index (χ0n) is 14.9. The molecule has 1 unspecified atom stereocenters. The van der Waals surface area contributed by atoms with E-state index in [0.717, 1.165) is 5.56 Å². The first kappa shape index (κ1) is 18.8. The number of halogens is 3. The number of rotatable bonds is 1. The van der Waals surface area contributed by atoms with E-state index in [9.17, 15) is 13.6 Å². The van der Waals surface area contributed by atoms with Gasteiger partial charge in [0.2, 0.25) is 0 Å². The summed E-state index contributed by atoms with van der Waals surface area (Å²) in [6.45, 7) is 5.28. The average molecular weight is 424 g/mol. The number of hydrogen-bond donors (Lipinski definition) is 0. The minimum atomic E-state index is -0.720. The molecule has 0 aromatic heterocycles. The van der Waals surface area contributed by atoms with E-state index in [1.807, 2.05) is 0 Å². The minimum Gasteiger partial charge on any atom is -0.443 e. The molecule has 0 radical (unpaired) electrons. The van der Waals surface area contributed by atoms with Crippen molar-refractivity contribution in [3.63, 3.8) is 0 Å². The fraction of sp³-hybridized carbons (Fsp3) is 0.350. The highest BCUT2D eigenvalue weighted by Gasteiger charge is 2.36. The lowest BCUT2D eigenvalue weighted by molar-refractivity contribution is 0.0559. The highest BCUT2D eigenvalue weighted by molar-refractivity contribution is 9.10. The van der Waals surface area contributed by atoms with Gasteiger partial charge in [-0.05, 0) is 73.3 Å². The number of hydrogen-bond acceptors (Lipinski definition) is 2. The van der Waals surface area contributed by atoms with Gasteiger partial charge < -0.3 is 4.74 Å². The summed E-state index contributed by atoms with van der Waals surface area (Å²) in [6, 6.07) is 8.75. The van der Waals surface area contributed by atoms with E-state index < -0.39 is 29.4 Å². The van der Waals surface area contributed by atoms with Gasteiger partial charge in [-0.1, -0.05) is 18.2 Å². The zero-order chi connectivity index (χ0) is 19.1. The Morgan fingerprint density at radius 2 is 1.88 bits per heavy atom. The Bertz CT molecular complexity index is 848. The Hall–Kier alpha value is -1.95. The Kier molecular flexibility index (Phi) is 5.06. The molecule has 1 aliphatic rings. The van der Waals surface area contributed by atoms with E-state index >= 15 is 0 Å². The van der Waals surface area contributed by atoms with E-state index in [0.29, 0.717) is 28.6 Å². The molecule has 1 amide bonds. The molecule has 0 spiro atoms. The number of anilines is 1. The van der Waals surface area contributed by atoms with Crippen LogP contribution in [0, 0.1) is 11.6 Å². The Labute approximate surface area is 160 Å². The smallest absolute Gasteiger partial charge is 0.415 e. The molecule has 3 rings (SSSR count). The highest BCUT2D eigenvalue weighted by atomic mass is 79.9. The van der Waals surface area contributed by atoms with Crippen LogP contribution >= 0.6 is 15.9 Å². The maximum atomic E-state index is 14.4. The molecule has 0 saturated heterocycles. The van der Waals surface area contributed by atoms with Crippen LogP contribution in [0.2, 0.25) is 0 Å². The SMILES string of the molecule is CC(C)(C)OC(=O)N1c2cc(F)c(Br)cc2CCC1c1ccccc1F. The van der Waals surface area contributed by atoms with Crippen LogP contribution in [0.15, 0.2) is 40.9 Å². The van der Waals surface area contributed by atoms with Crippen molar-refractivity contribution in [2.45, 2.75) is 45.3 Å². The van der Waals surface area contributed by atoms with Crippen LogP contribution in [0.25, 0.3) is 0 Å². The molecule has 1 atom stereocenters. The summed E-state index contributed by atoms with van der Waals surface area (Å²) in [5, 5.41) is 0. The van der Waals surface area contributed by atoms with E-state index in [4.69, 9.17) is 4.74 Å². The molecule has 1 aliphatic heterocycles. The molecule has 2 aromatic rings. The summed E-state index contributed by atoms with van der Waals surface area (Å²) in [6.07, 6.45) is 0.506. The molecule has 26 heavy (non-hydrogen) atoms. The van der Waals surface area contributed by atoms with E-state index in [1.54, 1.807) is 45.0 Å². The summed E-state index contributed by atoms with van der Waals surface area (Å²) >= 11 is 3.18. The maximum Gasteiger partial charge on any atom is 0.415 e. The third-order valence-electron chi connectivity index (χ3n) is 4.23. The zero-order valence-corrected chi connectivity index (χ0v) is 16.4. The number of carbonyl (C=O) groups is 1. The second-order valence-corrected chi connectivity index (χ2v) is 8.18. The second kappa shape index (κ2) is 6.99. The van der Waals surface area contributed by atoms with Gasteiger partial charge in [-0.3, -0.25) is 4.90 Å². The van der Waals surface area contributed by atoms with Crippen molar-refractivity contribution in [1.82, 2.24) is 0 Å². The van der Waals surface area contributed by atoms with Crippen molar-refractivity contribution >= 4 is 27.7 Å². The van der Waals surface area contributed by atoms with Crippen molar-refractivity contribution in [3.8, 4) is 0 Å². The van der Waals surface area contributed by atoms with Crippen LogP contribution in [0.4, 0.5) is 19.3 Å². The first-order valence-electron chi connectivity index (χ1n) is 8.42. The number of ether oxygens (including phenoxy) is 1. The van der Waals surface area contributed by atoms with Gasteiger partial charge in [0, 0.05) is 5.56 Å². The molecular formula is C20H20BrF2NO2. The van der Waals surface area contributed by atoms with Crippen molar-refractivity contribution in [1.29, 1.82) is 0 Å². The largest absolute Gasteiger partial charge is 0.443 e. The molecule has 0 fully saturated rings. The molecule has 6 heteroatoms. The molecule has 2 aromatic carbocycles. The predicted molar refractivity (Wildman–Crippen MR) is 100 cm³/mol. The summed E-state index contributed by atoms with van der Waals surface area (Å²) in [4.78, 5) is 14.3. The molecule has 3 nitrogen and oxygen atoms in total. The standard InChI is InChI=1S/C20H20BrF2NO2/c1-20(2,3)26-19(25)24-17(13-6-4-5-7-15(13)22)9-8-12-10-14(21)16(23)11-18(12)24/h4-7,10-11,17H,8-9H2,1-3H3. The summed E-state index contributed by atoms with van der Waals surface area (Å²) < 4.78 is 34.5. The predicted octanol–water partition coefficient (Wildman–Crippen LogP) is 6.16. The Balaban J connectivity index is 2.11. The van der Waals surface area contributed by atoms with E-state index in [1.165, 1.54) is 17.0 Å². The summed E-state index contributed by atoms with van der Waals surface area (Å²) in [7, 11) is 0. The number of carbonyl (C=O) groups excluding carboxylic acids is 1. The van der Waals surface area contributed by atoms with Gasteiger partial charge in [-0.2, -0.15) is 0 Å². The fourth-order valence-electron chi connectivity index (χ4n) is 3.17. The van der Waals surface area contributed by atoms with Gasteiger partial charge in [0.15, 0.2) is 0 Å². The lowest BCUT2D eigenvalue weighted by Gasteiger charge is -2.38. The van der Waals surface area contributed by atoms with Crippen LogP contribution in [0.3, 0.4) is 0 Å². The second-order valence-electron chi connectivity index (χ2n) is 7.32. The van der Waals surface area contributed by atoms with Gasteiger partial charge in [-0.15, -0.1) is 0 Å². The van der Waals surface area contributed by atoms with Crippen molar-refractivity contribution in [2.75, 3.05) is 4.90 Å². The lowest BCUT2D eigenvalue weighted by atomic mass is 9.91.